The van der Waals surface area contributed by atoms with Crippen LogP contribution in [0.15, 0.2) is 36.9 Å². The highest BCUT2D eigenvalue weighted by Gasteiger charge is 2.04. The smallest absolute Gasteiger partial charge is 0.225 e. The maximum Gasteiger partial charge on any atom is 0.225 e. The molecule has 0 spiro atoms. The second-order valence-corrected chi connectivity index (χ2v) is 3.73. The Labute approximate surface area is 97.5 Å². The van der Waals surface area contributed by atoms with E-state index in [9.17, 15) is 0 Å². The Hall–Kier alpha value is -2.43. The van der Waals surface area contributed by atoms with Gasteiger partial charge in [0.2, 0.25) is 5.88 Å². The molecule has 0 aliphatic rings. The third-order valence-corrected chi connectivity index (χ3v) is 2.48. The molecule has 1 aromatic carbocycles. The lowest BCUT2D eigenvalue weighted by molar-refractivity contribution is 0.458. The van der Waals surface area contributed by atoms with Crippen LogP contribution in [0, 0.1) is 6.92 Å². The molecule has 17 heavy (non-hydrogen) atoms. The van der Waals surface area contributed by atoms with Crippen molar-refractivity contribution >= 4 is 10.9 Å². The molecular formula is C12H10N4O. The molecule has 0 atom stereocenters. The number of fused-ring (bicyclic) bond motifs is 1. The van der Waals surface area contributed by atoms with E-state index in [4.69, 9.17) is 4.74 Å². The lowest BCUT2D eigenvalue weighted by Crippen LogP contribution is -1.91. The first-order valence-corrected chi connectivity index (χ1v) is 5.20. The summed E-state index contributed by atoms with van der Waals surface area (Å²) >= 11 is 0. The number of aromatic amines is 1. The standard InChI is InChI=1S/C12H10N4O/c1-8-5-13-7-14-12(8)17-10-3-2-9-6-15-16-11(9)4-10/h2-7H,1H3,(H,15,16). The third-order valence-electron chi connectivity index (χ3n) is 2.48. The molecule has 3 aromatic rings. The summed E-state index contributed by atoms with van der Waals surface area (Å²) in [6, 6.07) is 5.73. The second kappa shape index (κ2) is 3.86. The molecule has 0 bridgehead atoms. The van der Waals surface area contributed by atoms with Crippen molar-refractivity contribution in [1.29, 1.82) is 0 Å². The third kappa shape index (κ3) is 1.82. The van der Waals surface area contributed by atoms with Crippen molar-refractivity contribution in [2.45, 2.75) is 6.92 Å². The first kappa shape index (κ1) is 9.77. The lowest BCUT2D eigenvalue weighted by atomic mass is 10.2. The van der Waals surface area contributed by atoms with E-state index in [1.54, 1.807) is 12.4 Å². The van der Waals surface area contributed by atoms with Crippen LogP contribution in [0.1, 0.15) is 5.56 Å². The SMILES string of the molecule is Cc1cncnc1Oc1ccc2cn[nH]c2c1. The molecule has 0 amide bonds. The molecule has 1 N–H and O–H groups in total. The molecule has 0 aliphatic carbocycles. The van der Waals surface area contributed by atoms with Gasteiger partial charge in [0.25, 0.3) is 0 Å². The first-order chi connectivity index (χ1) is 8.33. The molecule has 5 heteroatoms. The Morgan fingerprint density at radius 3 is 3.06 bits per heavy atom. The summed E-state index contributed by atoms with van der Waals surface area (Å²) in [6.07, 6.45) is 4.96. The molecule has 0 aliphatic heterocycles. The first-order valence-electron chi connectivity index (χ1n) is 5.20. The van der Waals surface area contributed by atoms with Crippen LogP contribution >= 0.6 is 0 Å². The van der Waals surface area contributed by atoms with Crippen molar-refractivity contribution in [3.05, 3.63) is 42.5 Å². The van der Waals surface area contributed by atoms with Crippen LogP contribution in [-0.2, 0) is 0 Å². The van der Waals surface area contributed by atoms with Gasteiger partial charge in [-0.15, -0.1) is 0 Å². The van der Waals surface area contributed by atoms with E-state index in [1.807, 2.05) is 25.1 Å². The van der Waals surface area contributed by atoms with Crippen LogP contribution in [0.5, 0.6) is 11.6 Å². The zero-order valence-electron chi connectivity index (χ0n) is 9.21. The highest BCUT2D eigenvalue weighted by molar-refractivity contribution is 5.79. The molecule has 2 heterocycles. The number of hydrogen-bond acceptors (Lipinski definition) is 4. The molecule has 2 aromatic heterocycles. The average molecular weight is 226 g/mol. The van der Waals surface area contributed by atoms with Crippen LogP contribution in [0.25, 0.3) is 10.9 Å². The largest absolute Gasteiger partial charge is 0.439 e. The summed E-state index contributed by atoms with van der Waals surface area (Å²) in [5, 5.41) is 7.91. The van der Waals surface area contributed by atoms with Gasteiger partial charge in [0.05, 0.1) is 11.7 Å². The minimum absolute atomic E-state index is 0.568. The topological polar surface area (TPSA) is 63.7 Å². The summed E-state index contributed by atoms with van der Waals surface area (Å²) in [7, 11) is 0. The number of hydrogen-bond donors (Lipinski definition) is 1. The number of rotatable bonds is 2. The molecule has 84 valence electrons. The van der Waals surface area contributed by atoms with Crippen LogP contribution in [-0.4, -0.2) is 20.2 Å². The maximum atomic E-state index is 5.69. The summed E-state index contributed by atoms with van der Waals surface area (Å²) in [5.41, 5.74) is 1.84. The van der Waals surface area contributed by atoms with E-state index in [1.165, 1.54) is 6.33 Å². The van der Waals surface area contributed by atoms with Gasteiger partial charge in [-0.1, -0.05) is 0 Å². The predicted molar refractivity (Wildman–Crippen MR) is 62.9 cm³/mol. The van der Waals surface area contributed by atoms with Gasteiger partial charge >= 0.3 is 0 Å². The Morgan fingerprint density at radius 1 is 1.24 bits per heavy atom. The number of nitrogens with zero attached hydrogens (tertiary/aromatic N) is 3. The second-order valence-electron chi connectivity index (χ2n) is 3.73. The number of H-pyrrole nitrogens is 1. The van der Waals surface area contributed by atoms with E-state index >= 15 is 0 Å². The number of benzene rings is 1. The molecule has 0 unspecified atom stereocenters. The van der Waals surface area contributed by atoms with Gasteiger partial charge in [-0.05, 0) is 19.1 Å². The highest BCUT2D eigenvalue weighted by atomic mass is 16.5. The maximum absolute atomic E-state index is 5.69. The number of ether oxygens (including phenoxy) is 1. The van der Waals surface area contributed by atoms with Crippen molar-refractivity contribution < 1.29 is 4.74 Å². The summed E-state index contributed by atoms with van der Waals surface area (Å²) in [5.74, 6) is 1.29. The van der Waals surface area contributed by atoms with Crippen molar-refractivity contribution in [3.63, 3.8) is 0 Å². The Balaban J connectivity index is 1.97. The van der Waals surface area contributed by atoms with Crippen molar-refractivity contribution in [2.75, 3.05) is 0 Å². The van der Waals surface area contributed by atoms with E-state index in [0.29, 0.717) is 5.88 Å². The quantitative estimate of drug-likeness (QED) is 0.729. The van der Waals surface area contributed by atoms with E-state index in [-0.39, 0.29) is 0 Å². The number of nitrogens with one attached hydrogen (secondary N) is 1. The number of aryl methyl sites for hydroxylation is 1. The summed E-state index contributed by atoms with van der Waals surface area (Å²) in [4.78, 5) is 8.00. The molecule has 3 rings (SSSR count). The van der Waals surface area contributed by atoms with E-state index in [0.717, 1.165) is 22.2 Å². The molecule has 0 saturated heterocycles. The fraction of sp³-hybridized carbons (Fsp3) is 0.0833. The Kier molecular flexibility index (Phi) is 2.22. The minimum atomic E-state index is 0.568. The van der Waals surface area contributed by atoms with Gasteiger partial charge in [0, 0.05) is 23.2 Å². The fourth-order valence-electron chi connectivity index (χ4n) is 1.59. The van der Waals surface area contributed by atoms with E-state index in [2.05, 4.69) is 20.2 Å². The van der Waals surface area contributed by atoms with E-state index < -0.39 is 0 Å². The summed E-state index contributed by atoms with van der Waals surface area (Å²) in [6.45, 7) is 1.91. The lowest BCUT2D eigenvalue weighted by Gasteiger charge is -2.06. The van der Waals surface area contributed by atoms with Gasteiger partial charge in [-0.3, -0.25) is 5.10 Å². The fourth-order valence-corrected chi connectivity index (χ4v) is 1.59. The van der Waals surface area contributed by atoms with Crippen molar-refractivity contribution in [2.24, 2.45) is 0 Å². The number of aromatic nitrogens is 4. The van der Waals surface area contributed by atoms with Crippen molar-refractivity contribution in [1.82, 2.24) is 20.2 Å². The van der Waals surface area contributed by atoms with Crippen LogP contribution in [0.2, 0.25) is 0 Å². The highest BCUT2D eigenvalue weighted by Crippen LogP contribution is 2.24. The average Bonchev–Trinajstić information content (AvgIpc) is 2.79. The van der Waals surface area contributed by atoms with Gasteiger partial charge < -0.3 is 4.74 Å². The van der Waals surface area contributed by atoms with Gasteiger partial charge in [0.15, 0.2) is 0 Å². The van der Waals surface area contributed by atoms with Gasteiger partial charge in [0.1, 0.15) is 12.1 Å². The van der Waals surface area contributed by atoms with Gasteiger partial charge in [-0.25, -0.2) is 9.97 Å². The monoisotopic (exact) mass is 226 g/mol. The molecule has 0 radical (unpaired) electrons. The van der Waals surface area contributed by atoms with Crippen LogP contribution < -0.4 is 4.74 Å². The summed E-state index contributed by atoms with van der Waals surface area (Å²) < 4.78 is 5.69. The Bertz CT molecular complexity index is 662. The van der Waals surface area contributed by atoms with Crippen LogP contribution in [0.4, 0.5) is 0 Å². The van der Waals surface area contributed by atoms with Crippen molar-refractivity contribution in [3.8, 4) is 11.6 Å². The Morgan fingerprint density at radius 2 is 2.18 bits per heavy atom. The van der Waals surface area contributed by atoms with Gasteiger partial charge in [-0.2, -0.15) is 5.10 Å². The minimum Gasteiger partial charge on any atom is -0.439 e. The molecule has 0 saturated carbocycles. The predicted octanol–water partition coefficient (Wildman–Crippen LogP) is 2.45. The molecule has 0 fully saturated rings. The zero-order valence-corrected chi connectivity index (χ0v) is 9.21. The molecular weight excluding hydrogens is 216 g/mol. The normalized spacial score (nSPS) is 10.6. The molecule has 5 nitrogen and oxygen atoms in total. The zero-order chi connectivity index (χ0) is 11.7. The van der Waals surface area contributed by atoms with Crippen LogP contribution in [0.3, 0.4) is 0 Å².